The normalized spacial score (nSPS) is 11.9. The van der Waals surface area contributed by atoms with Crippen LogP contribution in [0.2, 0.25) is 0 Å². The van der Waals surface area contributed by atoms with Crippen molar-refractivity contribution in [1.82, 2.24) is 9.71 Å². The van der Waals surface area contributed by atoms with E-state index in [0.717, 1.165) is 0 Å². The summed E-state index contributed by atoms with van der Waals surface area (Å²) in [6.45, 7) is 0. The molecule has 0 bridgehead atoms. The molecule has 0 saturated carbocycles. The van der Waals surface area contributed by atoms with Crippen molar-refractivity contribution in [3.05, 3.63) is 23.9 Å². The maximum Gasteiger partial charge on any atom is 0.270 e. The number of hydrogen-bond donors (Lipinski definition) is 2. The molecule has 0 aliphatic rings. The third-order valence-corrected chi connectivity index (χ3v) is 1.75. The molecular formula is C7H8N2O4S. The van der Waals surface area contributed by atoms with Crippen LogP contribution in [0.1, 0.15) is 10.4 Å². The highest BCUT2D eigenvalue weighted by Crippen LogP contribution is 2.12. The zero-order valence-electron chi connectivity index (χ0n) is 7.26. The molecular weight excluding hydrogens is 208 g/mol. The molecule has 0 spiro atoms. The first-order chi connectivity index (χ1) is 6.65. The lowest BCUT2D eigenvalue weighted by molar-refractivity contribution is 0.0977. The molecule has 2 N–H and O–H groups in total. The lowest BCUT2D eigenvalue weighted by Gasteiger charge is -2.04. The first-order valence-electron chi connectivity index (χ1n) is 3.56. The molecule has 1 amide bonds. The molecule has 1 heterocycles. The third-order valence-electron chi connectivity index (χ3n) is 1.39. The van der Waals surface area contributed by atoms with E-state index in [9.17, 15) is 9.00 Å². The summed E-state index contributed by atoms with van der Waals surface area (Å²) in [4.78, 5) is 15.0. The van der Waals surface area contributed by atoms with Gasteiger partial charge in [0, 0.05) is 6.20 Å². The van der Waals surface area contributed by atoms with Crippen molar-refractivity contribution in [3.8, 4) is 5.88 Å². The minimum Gasteiger partial charge on any atom is -0.480 e. The van der Waals surface area contributed by atoms with Gasteiger partial charge in [-0.15, -0.1) is 0 Å². The Morgan fingerprint density at radius 1 is 1.71 bits per heavy atom. The standard InChI is InChI=1S/C7H8N2O4S/c1-13-7-5(3-2-4-8-7)6(10)9-14(11)12/h2-4H,1H3,(H,9,10)(H,11,12). The molecule has 76 valence electrons. The minimum absolute atomic E-state index is 0.107. The maximum atomic E-state index is 11.3. The average Bonchev–Trinajstić information content (AvgIpc) is 2.16. The number of nitrogens with one attached hydrogen (secondary N) is 1. The number of amides is 1. The van der Waals surface area contributed by atoms with Gasteiger partial charge in [-0.05, 0) is 12.1 Å². The fraction of sp³-hybridized carbons (Fsp3) is 0.143. The number of nitrogens with zero attached hydrogens (tertiary/aromatic N) is 1. The van der Waals surface area contributed by atoms with Gasteiger partial charge < -0.3 is 4.74 Å². The molecule has 0 fully saturated rings. The van der Waals surface area contributed by atoms with E-state index in [4.69, 9.17) is 9.29 Å². The number of rotatable bonds is 3. The summed E-state index contributed by atoms with van der Waals surface area (Å²) in [6, 6.07) is 2.96. The first kappa shape index (κ1) is 10.6. The molecule has 1 aromatic heterocycles. The highest BCUT2D eigenvalue weighted by molar-refractivity contribution is 7.77. The maximum absolute atomic E-state index is 11.3. The topological polar surface area (TPSA) is 88.5 Å². The second-order valence-electron chi connectivity index (χ2n) is 2.24. The number of pyridine rings is 1. The summed E-state index contributed by atoms with van der Waals surface area (Å²) in [6.07, 6.45) is 1.45. The fourth-order valence-electron chi connectivity index (χ4n) is 0.861. The van der Waals surface area contributed by atoms with E-state index in [0.29, 0.717) is 0 Å². The van der Waals surface area contributed by atoms with Crippen LogP contribution in [0.4, 0.5) is 0 Å². The van der Waals surface area contributed by atoms with Crippen molar-refractivity contribution < 1.29 is 18.3 Å². The predicted molar refractivity (Wildman–Crippen MR) is 49.0 cm³/mol. The molecule has 6 nitrogen and oxygen atoms in total. The summed E-state index contributed by atoms with van der Waals surface area (Å²) >= 11 is -2.39. The van der Waals surface area contributed by atoms with Crippen molar-refractivity contribution in [1.29, 1.82) is 0 Å². The molecule has 0 saturated heterocycles. The van der Waals surface area contributed by atoms with Crippen molar-refractivity contribution in [3.63, 3.8) is 0 Å². The Labute approximate surface area is 82.7 Å². The summed E-state index contributed by atoms with van der Waals surface area (Å²) < 4.78 is 25.3. The highest BCUT2D eigenvalue weighted by Gasteiger charge is 2.13. The van der Waals surface area contributed by atoms with Crippen LogP contribution in [-0.4, -0.2) is 26.8 Å². The van der Waals surface area contributed by atoms with E-state index >= 15 is 0 Å². The van der Waals surface area contributed by atoms with Crippen molar-refractivity contribution in [2.45, 2.75) is 0 Å². The van der Waals surface area contributed by atoms with Crippen LogP contribution >= 0.6 is 0 Å². The quantitative estimate of drug-likeness (QED) is 0.692. The Hall–Kier alpha value is -1.47. The van der Waals surface area contributed by atoms with Gasteiger partial charge in [-0.1, -0.05) is 0 Å². The SMILES string of the molecule is COc1ncccc1C(=O)NS(=O)O. The molecule has 0 aromatic carbocycles. The van der Waals surface area contributed by atoms with Gasteiger partial charge in [-0.3, -0.25) is 9.35 Å². The molecule has 1 atom stereocenters. The van der Waals surface area contributed by atoms with Crippen LogP contribution < -0.4 is 9.46 Å². The van der Waals surface area contributed by atoms with Crippen LogP contribution in [0.25, 0.3) is 0 Å². The van der Waals surface area contributed by atoms with Crippen LogP contribution in [-0.2, 0) is 11.3 Å². The van der Waals surface area contributed by atoms with E-state index in [1.807, 2.05) is 0 Å². The van der Waals surface area contributed by atoms with Crippen LogP contribution in [0.15, 0.2) is 18.3 Å². The summed E-state index contributed by atoms with van der Waals surface area (Å²) in [5.41, 5.74) is 0.109. The Morgan fingerprint density at radius 2 is 2.43 bits per heavy atom. The third kappa shape index (κ3) is 2.51. The van der Waals surface area contributed by atoms with Gasteiger partial charge in [-0.25, -0.2) is 13.9 Å². The van der Waals surface area contributed by atoms with E-state index in [1.54, 1.807) is 4.72 Å². The Balaban J connectivity index is 2.94. The zero-order chi connectivity index (χ0) is 10.6. The summed E-state index contributed by atoms with van der Waals surface area (Å²) in [7, 11) is 1.36. The van der Waals surface area contributed by atoms with Crippen LogP contribution in [0.3, 0.4) is 0 Å². The number of ether oxygens (including phenoxy) is 1. The van der Waals surface area contributed by atoms with Gasteiger partial charge >= 0.3 is 0 Å². The van der Waals surface area contributed by atoms with Gasteiger partial charge in [0.1, 0.15) is 5.56 Å². The van der Waals surface area contributed by atoms with Crippen LogP contribution in [0, 0.1) is 0 Å². The van der Waals surface area contributed by atoms with Gasteiger partial charge in [0.25, 0.3) is 17.2 Å². The second-order valence-corrected chi connectivity index (χ2v) is 2.94. The van der Waals surface area contributed by atoms with Crippen molar-refractivity contribution >= 4 is 17.2 Å². The van der Waals surface area contributed by atoms with E-state index in [-0.39, 0.29) is 11.4 Å². The van der Waals surface area contributed by atoms with Gasteiger partial charge in [0.15, 0.2) is 0 Å². The summed E-state index contributed by atoms with van der Waals surface area (Å²) in [5, 5.41) is 0. The summed E-state index contributed by atoms with van der Waals surface area (Å²) in [5.74, 6) is -0.605. The molecule has 1 unspecified atom stereocenters. The fourth-order valence-corrected chi connectivity index (χ4v) is 1.13. The number of carbonyl (C=O) groups excluding carboxylic acids is 1. The average molecular weight is 216 g/mol. The lowest BCUT2D eigenvalue weighted by atomic mass is 10.2. The molecule has 1 rings (SSSR count). The minimum atomic E-state index is -2.39. The molecule has 14 heavy (non-hydrogen) atoms. The van der Waals surface area contributed by atoms with E-state index in [2.05, 4.69) is 4.98 Å². The van der Waals surface area contributed by atoms with Crippen molar-refractivity contribution in [2.24, 2.45) is 0 Å². The lowest BCUT2D eigenvalue weighted by Crippen LogP contribution is -2.25. The molecule has 0 aliphatic carbocycles. The second kappa shape index (κ2) is 4.68. The monoisotopic (exact) mass is 216 g/mol. The Morgan fingerprint density at radius 3 is 3.00 bits per heavy atom. The smallest absolute Gasteiger partial charge is 0.270 e. The Kier molecular flexibility index (Phi) is 3.55. The number of aromatic nitrogens is 1. The van der Waals surface area contributed by atoms with Crippen LogP contribution in [0.5, 0.6) is 5.88 Å². The predicted octanol–water partition coefficient (Wildman–Crippen LogP) is -0.0433. The molecule has 0 aliphatic heterocycles. The number of methoxy groups -OCH3 is 1. The zero-order valence-corrected chi connectivity index (χ0v) is 8.08. The van der Waals surface area contributed by atoms with E-state index in [1.165, 1.54) is 25.4 Å². The van der Waals surface area contributed by atoms with E-state index < -0.39 is 17.2 Å². The highest BCUT2D eigenvalue weighted by atomic mass is 32.2. The number of carbonyl (C=O) groups is 1. The largest absolute Gasteiger partial charge is 0.480 e. The Bertz CT molecular complexity index is 368. The molecule has 7 heteroatoms. The first-order valence-corrected chi connectivity index (χ1v) is 4.66. The van der Waals surface area contributed by atoms with Gasteiger partial charge in [-0.2, -0.15) is 0 Å². The molecule has 0 radical (unpaired) electrons. The van der Waals surface area contributed by atoms with Crippen molar-refractivity contribution in [2.75, 3.05) is 7.11 Å². The number of hydrogen-bond acceptors (Lipinski definition) is 4. The molecule has 1 aromatic rings. The van der Waals surface area contributed by atoms with Gasteiger partial charge in [0.2, 0.25) is 5.88 Å². The van der Waals surface area contributed by atoms with Gasteiger partial charge in [0.05, 0.1) is 7.11 Å².